The van der Waals surface area contributed by atoms with Gasteiger partial charge in [-0.3, -0.25) is 9.59 Å². The highest BCUT2D eigenvalue weighted by Gasteiger charge is 2.13. The highest BCUT2D eigenvalue weighted by atomic mass is 35.5. The molecule has 0 aliphatic heterocycles. The predicted molar refractivity (Wildman–Crippen MR) is 105 cm³/mol. The van der Waals surface area contributed by atoms with E-state index in [-0.39, 0.29) is 11.8 Å². The van der Waals surface area contributed by atoms with E-state index in [1.165, 1.54) is 18.7 Å². The van der Waals surface area contributed by atoms with Crippen LogP contribution < -0.4 is 10.6 Å². The van der Waals surface area contributed by atoms with Gasteiger partial charge >= 0.3 is 0 Å². The Balaban J connectivity index is 1.80. The van der Waals surface area contributed by atoms with Gasteiger partial charge in [0.15, 0.2) is 5.16 Å². The Labute approximate surface area is 165 Å². The number of carbonyl (C=O) groups is 2. The van der Waals surface area contributed by atoms with E-state index in [1.54, 1.807) is 47.3 Å². The van der Waals surface area contributed by atoms with Crippen molar-refractivity contribution < 1.29 is 9.59 Å². The largest absolute Gasteiger partial charge is 0.326 e. The van der Waals surface area contributed by atoms with E-state index in [1.807, 2.05) is 13.1 Å². The molecule has 2 amide bonds. The van der Waals surface area contributed by atoms with Crippen molar-refractivity contribution in [2.45, 2.75) is 17.0 Å². The quantitative estimate of drug-likeness (QED) is 0.678. The molecule has 0 saturated heterocycles. The molecule has 2 N–H and O–H groups in total. The summed E-state index contributed by atoms with van der Waals surface area (Å²) in [5.74, 6) is -0.456. The van der Waals surface area contributed by atoms with Crippen LogP contribution in [0.5, 0.6) is 0 Å². The zero-order valence-corrected chi connectivity index (χ0v) is 16.1. The van der Waals surface area contributed by atoms with Crippen LogP contribution in [0.4, 0.5) is 11.4 Å². The van der Waals surface area contributed by atoms with Crippen molar-refractivity contribution in [3.63, 3.8) is 0 Å². The molecule has 1 heterocycles. The second-order valence-corrected chi connectivity index (χ2v) is 7.13. The zero-order valence-electron chi connectivity index (χ0n) is 14.6. The molecule has 0 unspecified atom stereocenters. The number of aryl methyl sites for hydroxylation is 1. The van der Waals surface area contributed by atoms with E-state index in [4.69, 9.17) is 11.6 Å². The monoisotopic (exact) mass is 401 g/mol. The van der Waals surface area contributed by atoms with Crippen LogP contribution in [0.3, 0.4) is 0 Å². The average Bonchev–Trinajstić information content (AvgIpc) is 3.02. The van der Waals surface area contributed by atoms with E-state index >= 15 is 0 Å². The number of hydrogen-bond acceptors (Lipinski definition) is 5. The summed E-state index contributed by atoms with van der Waals surface area (Å²) in [5, 5.41) is 14.6. The Morgan fingerprint density at radius 3 is 2.48 bits per heavy atom. The van der Waals surface area contributed by atoms with E-state index in [9.17, 15) is 9.59 Å². The lowest BCUT2D eigenvalue weighted by Crippen LogP contribution is -2.13. The van der Waals surface area contributed by atoms with Crippen LogP contribution in [0.1, 0.15) is 17.3 Å². The number of benzene rings is 2. The third kappa shape index (κ3) is 4.87. The molecule has 138 valence electrons. The molecule has 0 saturated carbocycles. The van der Waals surface area contributed by atoms with Gasteiger partial charge < -0.3 is 15.2 Å². The first-order chi connectivity index (χ1) is 12.9. The lowest BCUT2D eigenvalue weighted by atomic mass is 10.2. The standard InChI is InChI=1S/C18H16ClN5O2S/c1-11(25)21-14-6-3-12(4-7-14)17(26)22-15-9-13(19)5-8-16(15)27-18-23-20-10-24(18)2/h3-10H,1-2H3,(H,21,25)(H,22,26). The van der Waals surface area contributed by atoms with Gasteiger partial charge in [-0.1, -0.05) is 11.6 Å². The number of halogens is 1. The Hall–Kier alpha value is -2.84. The number of rotatable bonds is 5. The van der Waals surface area contributed by atoms with Gasteiger partial charge in [-0.2, -0.15) is 0 Å². The normalized spacial score (nSPS) is 10.5. The summed E-state index contributed by atoms with van der Waals surface area (Å²) in [6.07, 6.45) is 1.60. The molecule has 9 heteroatoms. The van der Waals surface area contributed by atoms with Gasteiger partial charge in [0.1, 0.15) is 6.33 Å². The maximum absolute atomic E-state index is 12.6. The number of anilines is 2. The molecule has 2 aromatic carbocycles. The van der Waals surface area contributed by atoms with Gasteiger partial charge in [-0.15, -0.1) is 10.2 Å². The minimum Gasteiger partial charge on any atom is -0.326 e. The fourth-order valence-corrected chi connectivity index (χ4v) is 3.26. The summed E-state index contributed by atoms with van der Waals surface area (Å²) in [5.41, 5.74) is 1.66. The van der Waals surface area contributed by atoms with Gasteiger partial charge in [-0.25, -0.2) is 0 Å². The number of nitrogens with zero attached hydrogens (tertiary/aromatic N) is 3. The van der Waals surface area contributed by atoms with Crippen LogP contribution in [-0.4, -0.2) is 26.6 Å². The highest BCUT2D eigenvalue weighted by molar-refractivity contribution is 7.99. The molecule has 3 rings (SSSR count). The number of hydrogen-bond donors (Lipinski definition) is 2. The summed E-state index contributed by atoms with van der Waals surface area (Å²) in [7, 11) is 1.84. The fraction of sp³-hybridized carbons (Fsp3) is 0.111. The third-order valence-corrected chi connectivity index (χ3v) is 4.89. The summed E-state index contributed by atoms with van der Waals surface area (Å²) in [6, 6.07) is 11.9. The Kier molecular flexibility index (Phi) is 5.78. The van der Waals surface area contributed by atoms with Gasteiger partial charge in [0.05, 0.1) is 5.69 Å². The van der Waals surface area contributed by atoms with Crippen molar-refractivity contribution in [3.8, 4) is 0 Å². The van der Waals surface area contributed by atoms with Crippen molar-refractivity contribution in [1.29, 1.82) is 0 Å². The Morgan fingerprint density at radius 2 is 1.85 bits per heavy atom. The van der Waals surface area contributed by atoms with Crippen molar-refractivity contribution in [2.24, 2.45) is 7.05 Å². The van der Waals surface area contributed by atoms with Crippen LogP contribution in [0.15, 0.2) is 58.8 Å². The first kappa shape index (κ1) is 18.9. The average molecular weight is 402 g/mol. The molecule has 27 heavy (non-hydrogen) atoms. The molecule has 3 aromatic rings. The van der Waals surface area contributed by atoms with Crippen molar-refractivity contribution >= 4 is 46.6 Å². The van der Waals surface area contributed by atoms with Gasteiger partial charge in [-0.05, 0) is 54.2 Å². The first-order valence-electron chi connectivity index (χ1n) is 7.93. The second-order valence-electron chi connectivity index (χ2n) is 5.68. The molecule has 1 aromatic heterocycles. The topological polar surface area (TPSA) is 88.9 Å². The zero-order chi connectivity index (χ0) is 19.4. The lowest BCUT2D eigenvalue weighted by molar-refractivity contribution is -0.114. The summed E-state index contributed by atoms with van der Waals surface area (Å²) in [6.45, 7) is 1.43. The molecule has 0 bridgehead atoms. The van der Waals surface area contributed by atoms with E-state index in [2.05, 4.69) is 20.8 Å². The van der Waals surface area contributed by atoms with Crippen LogP contribution >= 0.6 is 23.4 Å². The van der Waals surface area contributed by atoms with E-state index in [0.29, 0.717) is 27.1 Å². The third-order valence-electron chi connectivity index (χ3n) is 3.53. The molecular formula is C18H16ClN5O2S. The molecule has 0 aliphatic carbocycles. The number of aromatic nitrogens is 3. The van der Waals surface area contributed by atoms with Crippen LogP contribution in [0.25, 0.3) is 0 Å². The number of nitrogens with one attached hydrogen (secondary N) is 2. The van der Waals surface area contributed by atoms with Crippen molar-refractivity contribution in [1.82, 2.24) is 14.8 Å². The Bertz CT molecular complexity index is 988. The van der Waals surface area contributed by atoms with Crippen molar-refractivity contribution in [2.75, 3.05) is 10.6 Å². The van der Waals surface area contributed by atoms with Crippen LogP contribution in [-0.2, 0) is 11.8 Å². The Morgan fingerprint density at radius 1 is 1.11 bits per heavy atom. The second kappa shape index (κ2) is 8.24. The maximum Gasteiger partial charge on any atom is 0.255 e. The van der Waals surface area contributed by atoms with Crippen LogP contribution in [0, 0.1) is 0 Å². The molecule has 7 nitrogen and oxygen atoms in total. The SMILES string of the molecule is CC(=O)Nc1ccc(C(=O)Nc2cc(Cl)ccc2Sc2nncn2C)cc1. The lowest BCUT2D eigenvalue weighted by Gasteiger charge is -2.11. The highest BCUT2D eigenvalue weighted by Crippen LogP contribution is 2.34. The van der Waals surface area contributed by atoms with E-state index in [0.717, 1.165) is 4.90 Å². The predicted octanol–water partition coefficient (Wildman–Crippen LogP) is 3.83. The van der Waals surface area contributed by atoms with Gasteiger partial charge in [0.25, 0.3) is 5.91 Å². The molecule has 0 fully saturated rings. The minimum atomic E-state index is -0.286. The number of carbonyl (C=O) groups excluding carboxylic acids is 2. The first-order valence-corrected chi connectivity index (χ1v) is 9.12. The fourth-order valence-electron chi connectivity index (χ4n) is 2.25. The van der Waals surface area contributed by atoms with Gasteiger partial charge in [0, 0.05) is 35.1 Å². The summed E-state index contributed by atoms with van der Waals surface area (Å²) in [4.78, 5) is 24.5. The minimum absolute atomic E-state index is 0.170. The van der Waals surface area contributed by atoms with Crippen LogP contribution in [0.2, 0.25) is 5.02 Å². The molecule has 0 radical (unpaired) electrons. The molecule has 0 aliphatic rings. The smallest absolute Gasteiger partial charge is 0.255 e. The van der Waals surface area contributed by atoms with Crippen molar-refractivity contribution in [3.05, 3.63) is 59.4 Å². The molecule has 0 atom stereocenters. The summed E-state index contributed by atoms with van der Waals surface area (Å²) >= 11 is 7.47. The maximum atomic E-state index is 12.6. The number of amides is 2. The van der Waals surface area contributed by atoms with Gasteiger partial charge in [0.2, 0.25) is 5.91 Å². The summed E-state index contributed by atoms with van der Waals surface area (Å²) < 4.78 is 1.78. The molecular weight excluding hydrogens is 386 g/mol. The van der Waals surface area contributed by atoms with E-state index < -0.39 is 0 Å². The molecule has 0 spiro atoms.